The number of hydrogen-bond acceptors (Lipinski definition) is 3. The summed E-state index contributed by atoms with van der Waals surface area (Å²) in [6.45, 7) is 10.4. The molecule has 0 spiro atoms. The molecule has 6 heteroatoms. The number of halogens is 1. The molecular weight excluding hydrogens is 430 g/mol. The molecule has 182 valence electrons. The Kier molecular flexibility index (Phi) is 17.5. The molecule has 31 heavy (non-hydrogen) atoms. The van der Waals surface area contributed by atoms with Crippen molar-refractivity contribution in [2.24, 2.45) is 0 Å². The van der Waals surface area contributed by atoms with Gasteiger partial charge in [0.05, 0.1) is 31.6 Å². The van der Waals surface area contributed by atoms with Crippen molar-refractivity contribution >= 4 is 21.7 Å². The van der Waals surface area contributed by atoms with Crippen LogP contribution < -0.4 is 0 Å². The van der Waals surface area contributed by atoms with Crippen molar-refractivity contribution in [3.8, 4) is 0 Å². The molecule has 0 aliphatic rings. The Bertz CT molecular complexity index is 633. The van der Waals surface area contributed by atoms with E-state index in [0.717, 1.165) is 11.4 Å². The van der Waals surface area contributed by atoms with Gasteiger partial charge in [-0.15, -0.1) is 11.6 Å². The van der Waals surface area contributed by atoms with Crippen molar-refractivity contribution < 1.29 is 17.5 Å². The molecule has 1 aromatic rings. The van der Waals surface area contributed by atoms with E-state index in [2.05, 4.69) is 20.9 Å². The van der Waals surface area contributed by atoms with E-state index in [0.29, 0.717) is 0 Å². The van der Waals surface area contributed by atoms with Gasteiger partial charge < -0.3 is 9.04 Å². The molecule has 0 unspecified atom stereocenters. The first-order valence-electron chi connectivity index (χ1n) is 12.1. The van der Waals surface area contributed by atoms with Gasteiger partial charge in [-0.2, -0.15) is 0 Å². The number of aryl methyl sites for hydroxylation is 1. The van der Waals surface area contributed by atoms with Gasteiger partial charge in [-0.25, -0.2) is 8.42 Å². The Morgan fingerprint density at radius 2 is 1.19 bits per heavy atom. The molecule has 0 aliphatic heterocycles. The van der Waals surface area contributed by atoms with Gasteiger partial charge in [0.25, 0.3) is 0 Å². The maximum atomic E-state index is 10.4. The summed E-state index contributed by atoms with van der Waals surface area (Å²) in [6, 6.07) is 5.78. The molecular formula is C25H46ClNO3S. The minimum Gasteiger partial charge on any atom is -0.744 e. The normalized spacial score (nSPS) is 11.8. The molecule has 0 amide bonds. The van der Waals surface area contributed by atoms with Crippen LogP contribution >= 0.6 is 11.6 Å². The Hall–Kier alpha value is -0.620. The van der Waals surface area contributed by atoms with Gasteiger partial charge in [0.15, 0.2) is 0 Å². The summed E-state index contributed by atoms with van der Waals surface area (Å²) in [5, 5.41) is 0. The summed E-state index contributed by atoms with van der Waals surface area (Å²) in [6.07, 6.45) is 15.1. The zero-order valence-electron chi connectivity index (χ0n) is 20.4. The van der Waals surface area contributed by atoms with E-state index in [1.807, 2.05) is 6.92 Å². The van der Waals surface area contributed by atoms with Gasteiger partial charge >= 0.3 is 0 Å². The number of hydrogen-bond donors (Lipinski definition) is 0. The second-order valence-electron chi connectivity index (χ2n) is 8.93. The van der Waals surface area contributed by atoms with Crippen molar-refractivity contribution in [1.82, 2.24) is 0 Å². The lowest BCUT2D eigenvalue weighted by Gasteiger charge is -2.35. The fourth-order valence-corrected chi connectivity index (χ4v) is 4.26. The molecule has 0 atom stereocenters. The van der Waals surface area contributed by atoms with E-state index in [-0.39, 0.29) is 4.90 Å². The first kappa shape index (κ1) is 30.4. The summed E-state index contributed by atoms with van der Waals surface area (Å²) in [4.78, 5) is -0.178. The lowest BCUT2D eigenvalue weighted by molar-refractivity contribution is -0.910. The molecule has 0 aliphatic carbocycles. The SMILES string of the molecule is CCCCCCC[N+](C)(CCCCl)CCCCCCC.Cc1ccc(S(=O)(=O)[O-])cc1. The highest BCUT2D eigenvalue weighted by Gasteiger charge is 2.19. The third-order valence-electron chi connectivity index (χ3n) is 5.74. The highest BCUT2D eigenvalue weighted by atomic mass is 35.5. The number of benzene rings is 1. The maximum absolute atomic E-state index is 10.4. The largest absolute Gasteiger partial charge is 0.744 e. The van der Waals surface area contributed by atoms with Crippen molar-refractivity contribution in [2.75, 3.05) is 32.6 Å². The third-order valence-corrected chi connectivity index (χ3v) is 6.86. The number of rotatable bonds is 16. The summed E-state index contributed by atoms with van der Waals surface area (Å²) in [7, 11) is -1.82. The second-order valence-corrected chi connectivity index (χ2v) is 10.7. The third kappa shape index (κ3) is 16.6. The highest BCUT2D eigenvalue weighted by Crippen LogP contribution is 2.14. The first-order chi connectivity index (χ1) is 14.7. The second kappa shape index (κ2) is 17.9. The molecule has 0 fully saturated rings. The van der Waals surface area contributed by atoms with Crippen LogP contribution in [-0.2, 0) is 10.1 Å². The molecule has 0 aromatic heterocycles. The average molecular weight is 476 g/mol. The molecule has 0 heterocycles. The maximum Gasteiger partial charge on any atom is 0.124 e. The number of unbranched alkanes of at least 4 members (excludes halogenated alkanes) is 8. The molecule has 1 aromatic carbocycles. The van der Waals surface area contributed by atoms with Crippen molar-refractivity contribution in [3.05, 3.63) is 29.8 Å². The van der Waals surface area contributed by atoms with Gasteiger partial charge in [-0.05, 0) is 44.7 Å². The lowest BCUT2D eigenvalue weighted by atomic mass is 10.1. The van der Waals surface area contributed by atoms with Crippen molar-refractivity contribution in [1.29, 1.82) is 0 Å². The zero-order chi connectivity index (χ0) is 23.6. The quantitative estimate of drug-likeness (QED) is 0.113. The van der Waals surface area contributed by atoms with Gasteiger partial charge in [0, 0.05) is 12.3 Å². The van der Waals surface area contributed by atoms with E-state index in [1.54, 1.807) is 12.1 Å². The topological polar surface area (TPSA) is 57.2 Å². The molecule has 4 nitrogen and oxygen atoms in total. The predicted molar refractivity (Wildman–Crippen MR) is 133 cm³/mol. The molecule has 0 radical (unpaired) electrons. The number of alkyl halides is 1. The van der Waals surface area contributed by atoms with Crippen molar-refractivity contribution in [2.45, 2.75) is 96.3 Å². The van der Waals surface area contributed by atoms with Crippen LogP contribution in [0.15, 0.2) is 29.2 Å². The first-order valence-corrected chi connectivity index (χ1v) is 14.0. The zero-order valence-corrected chi connectivity index (χ0v) is 21.9. The van der Waals surface area contributed by atoms with E-state index in [9.17, 15) is 13.0 Å². The average Bonchev–Trinajstić information content (AvgIpc) is 2.72. The van der Waals surface area contributed by atoms with Crippen LogP contribution in [0, 0.1) is 6.92 Å². The Balaban J connectivity index is 0.000000683. The summed E-state index contributed by atoms with van der Waals surface area (Å²) >= 11 is 5.90. The Morgan fingerprint density at radius 1 is 0.774 bits per heavy atom. The van der Waals surface area contributed by atoms with Crippen LogP contribution in [0.1, 0.15) is 90.0 Å². The van der Waals surface area contributed by atoms with Gasteiger partial charge in [0.1, 0.15) is 10.1 Å². The smallest absolute Gasteiger partial charge is 0.124 e. The number of nitrogens with zero attached hydrogens (tertiary/aromatic N) is 1. The van der Waals surface area contributed by atoms with Crippen LogP contribution in [0.5, 0.6) is 0 Å². The van der Waals surface area contributed by atoms with Crippen molar-refractivity contribution in [3.63, 3.8) is 0 Å². The monoisotopic (exact) mass is 475 g/mol. The summed E-state index contributed by atoms with van der Waals surface area (Å²) in [5.41, 5.74) is 0.928. The minimum atomic E-state index is -4.27. The Morgan fingerprint density at radius 3 is 1.58 bits per heavy atom. The standard InChI is InChI=1S/C18H39ClN.C7H8O3S/c1-4-6-8-10-12-16-20(3,18-14-15-19)17-13-11-9-7-5-2;1-6-2-4-7(5-3-6)11(8,9)10/h4-18H2,1-3H3;2-5H,1H3,(H,8,9,10)/q+1;/p-1. The summed E-state index contributed by atoms with van der Waals surface area (Å²) in [5.74, 6) is 0.819. The molecule has 1 rings (SSSR count). The summed E-state index contributed by atoms with van der Waals surface area (Å²) < 4.78 is 32.4. The van der Waals surface area contributed by atoms with Crippen LogP contribution in [0.3, 0.4) is 0 Å². The lowest BCUT2D eigenvalue weighted by Crippen LogP contribution is -2.46. The van der Waals surface area contributed by atoms with Gasteiger partial charge in [0.2, 0.25) is 0 Å². The molecule has 0 saturated carbocycles. The van der Waals surface area contributed by atoms with Gasteiger partial charge in [-0.1, -0.05) is 70.1 Å². The molecule has 0 N–H and O–H groups in total. The fraction of sp³-hybridized carbons (Fsp3) is 0.760. The van der Waals surface area contributed by atoms with E-state index >= 15 is 0 Å². The fourth-order valence-electron chi connectivity index (χ4n) is 3.68. The molecule has 0 saturated heterocycles. The number of quaternary nitrogens is 1. The Labute approximate surface area is 197 Å². The van der Waals surface area contributed by atoms with E-state index < -0.39 is 10.1 Å². The van der Waals surface area contributed by atoms with Crippen LogP contribution in [0.25, 0.3) is 0 Å². The van der Waals surface area contributed by atoms with Crippen LogP contribution in [0.4, 0.5) is 0 Å². The molecule has 0 bridgehead atoms. The predicted octanol–water partition coefficient (Wildman–Crippen LogP) is 6.90. The van der Waals surface area contributed by atoms with E-state index in [1.165, 1.54) is 107 Å². The highest BCUT2D eigenvalue weighted by molar-refractivity contribution is 7.85. The van der Waals surface area contributed by atoms with Crippen LogP contribution in [0.2, 0.25) is 0 Å². The van der Waals surface area contributed by atoms with Gasteiger partial charge in [-0.3, -0.25) is 0 Å². The van der Waals surface area contributed by atoms with E-state index in [4.69, 9.17) is 11.6 Å². The minimum absolute atomic E-state index is 0.178. The van der Waals surface area contributed by atoms with Crippen LogP contribution in [-0.4, -0.2) is 50.0 Å².